The smallest absolute Gasteiger partial charge is 0.418 e. The summed E-state index contributed by atoms with van der Waals surface area (Å²) in [6, 6.07) is 0. The molecule has 0 amide bonds. The SMILES string of the molecule is C[n+]1ccn(CCCCCCC2(CO)C=NN=N2)c1.F[B-](F)(F)F. The molecule has 0 bridgehead atoms. The number of nitrogens with zero attached hydrogens (tertiary/aromatic N) is 5. The Morgan fingerprint density at radius 2 is 1.83 bits per heavy atom. The van der Waals surface area contributed by atoms with Crippen LogP contribution in [-0.4, -0.2) is 35.3 Å². The van der Waals surface area contributed by atoms with E-state index >= 15 is 0 Å². The highest BCUT2D eigenvalue weighted by Gasteiger charge is 2.29. The maximum Gasteiger partial charge on any atom is 0.673 e. The number of rotatable bonds is 8. The first kappa shape index (κ1) is 20.3. The summed E-state index contributed by atoms with van der Waals surface area (Å²) in [6.45, 7) is 1.06. The second-order valence-corrected chi connectivity index (χ2v) is 5.67. The Kier molecular flexibility index (Phi) is 8.03. The van der Waals surface area contributed by atoms with Crippen LogP contribution in [0.3, 0.4) is 0 Å². The standard InChI is InChI=1S/C13H22N5O.BF4/c1-17-8-9-18(12-17)7-5-3-2-4-6-13(11-19)10-14-16-15-13;2-1(3,4)5/h8-10,12,19H,2-7,11H2,1H3;/q+1;-1. The van der Waals surface area contributed by atoms with Gasteiger partial charge in [-0.05, 0) is 24.5 Å². The van der Waals surface area contributed by atoms with Gasteiger partial charge in [0.15, 0.2) is 0 Å². The lowest BCUT2D eigenvalue weighted by Gasteiger charge is -2.17. The van der Waals surface area contributed by atoms with Crippen molar-refractivity contribution in [3.8, 4) is 0 Å². The number of unbranched alkanes of at least 4 members (excludes halogenated alkanes) is 3. The lowest BCUT2D eigenvalue weighted by molar-refractivity contribution is -0.671. The molecule has 0 fully saturated rings. The number of imidazole rings is 1. The van der Waals surface area contributed by atoms with Gasteiger partial charge < -0.3 is 22.4 Å². The molecule has 24 heavy (non-hydrogen) atoms. The summed E-state index contributed by atoms with van der Waals surface area (Å²) in [5, 5.41) is 20.6. The Bertz CT molecular complexity index is 529. The summed E-state index contributed by atoms with van der Waals surface area (Å²) in [4.78, 5) is 0. The Balaban J connectivity index is 0.000000505. The van der Waals surface area contributed by atoms with Gasteiger partial charge in [-0.25, -0.2) is 9.13 Å². The van der Waals surface area contributed by atoms with Gasteiger partial charge in [-0.2, -0.15) is 5.11 Å². The lowest BCUT2D eigenvalue weighted by Crippen LogP contribution is -2.30. The van der Waals surface area contributed by atoms with E-state index < -0.39 is 12.8 Å². The predicted octanol–water partition coefficient (Wildman–Crippen LogP) is 2.75. The van der Waals surface area contributed by atoms with Gasteiger partial charge in [-0.3, -0.25) is 0 Å². The first-order valence-corrected chi connectivity index (χ1v) is 7.70. The van der Waals surface area contributed by atoms with Crippen LogP contribution in [0.5, 0.6) is 0 Å². The number of aliphatic hydroxyl groups is 1. The summed E-state index contributed by atoms with van der Waals surface area (Å²) in [6.07, 6.45) is 13.3. The number of hydrogen-bond acceptors (Lipinski definition) is 4. The zero-order valence-electron chi connectivity index (χ0n) is 13.5. The van der Waals surface area contributed by atoms with Gasteiger partial charge in [0.25, 0.3) is 0 Å². The van der Waals surface area contributed by atoms with E-state index in [2.05, 4.69) is 43.3 Å². The van der Waals surface area contributed by atoms with Crippen LogP contribution < -0.4 is 4.57 Å². The molecular weight excluding hydrogens is 329 g/mol. The monoisotopic (exact) mass is 351 g/mol. The molecule has 1 aromatic rings. The van der Waals surface area contributed by atoms with Crippen LogP contribution in [0.1, 0.15) is 32.1 Å². The van der Waals surface area contributed by atoms with Crippen molar-refractivity contribution in [2.75, 3.05) is 6.61 Å². The van der Waals surface area contributed by atoms with Crippen molar-refractivity contribution in [1.29, 1.82) is 0 Å². The van der Waals surface area contributed by atoms with E-state index in [1.165, 1.54) is 12.8 Å². The molecule has 0 aliphatic carbocycles. The number of aryl methyl sites for hydroxylation is 2. The number of halogens is 4. The Hall–Kier alpha value is -1.78. The van der Waals surface area contributed by atoms with Crippen molar-refractivity contribution >= 4 is 13.5 Å². The molecule has 1 N–H and O–H groups in total. The number of aromatic nitrogens is 2. The molecule has 2 heterocycles. The summed E-state index contributed by atoms with van der Waals surface area (Å²) < 4.78 is 43.3. The van der Waals surface area contributed by atoms with Gasteiger partial charge in [0.1, 0.15) is 17.9 Å². The van der Waals surface area contributed by atoms with E-state index in [1.807, 2.05) is 7.05 Å². The van der Waals surface area contributed by atoms with Gasteiger partial charge in [0, 0.05) is 0 Å². The van der Waals surface area contributed by atoms with Crippen molar-refractivity contribution in [1.82, 2.24) is 4.57 Å². The van der Waals surface area contributed by atoms with Crippen molar-refractivity contribution in [3.63, 3.8) is 0 Å². The summed E-state index contributed by atoms with van der Waals surface area (Å²) >= 11 is 0. The Labute approximate surface area is 138 Å². The van der Waals surface area contributed by atoms with E-state index in [9.17, 15) is 22.4 Å². The molecular formula is C13H22BF4N5O. The molecule has 1 unspecified atom stereocenters. The minimum Gasteiger partial charge on any atom is -0.418 e. The molecule has 6 nitrogen and oxygen atoms in total. The topological polar surface area (TPSA) is 66.1 Å². The fraction of sp³-hybridized carbons (Fsp3) is 0.692. The van der Waals surface area contributed by atoms with Gasteiger partial charge in [-0.1, -0.05) is 12.8 Å². The zero-order chi connectivity index (χ0) is 18.1. The van der Waals surface area contributed by atoms with Crippen LogP contribution in [0.15, 0.2) is 34.2 Å². The third-order valence-corrected chi connectivity index (χ3v) is 3.47. The first-order chi connectivity index (χ1) is 11.2. The fourth-order valence-electron chi connectivity index (χ4n) is 2.25. The average molecular weight is 351 g/mol. The minimum atomic E-state index is -6.00. The minimum absolute atomic E-state index is 0.000132. The normalized spacial score (nSPS) is 19.4. The van der Waals surface area contributed by atoms with Crippen LogP contribution in [0.2, 0.25) is 0 Å². The van der Waals surface area contributed by atoms with Crippen molar-refractivity contribution in [2.45, 2.75) is 44.2 Å². The molecule has 1 aromatic heterocycles. The molecule has 0 saturated heterocycles. The van der Waals surface area contributed by atoms with E-state index in [1.54, 1.807) is 6.21 Å². The van der Waals surface area contributed by atoms with E-state index in [0.29, 0.717) is 0 Å². The van der Waals surface area contributed by atoms with Crippen LogP contribution in [-0.2, 0) is 13.6 Å². The second-order valence-electron chi connectivity index (χ2n) is 5.67. The average Bonchev–Trinajstić information content (AvgIpc) is 3.11. The first-order valence-electron chi connectivity index (χ1n) is 7.70. The van der Waals surface area contributed by atoms with E-state index in [-0.39, 0.29) is 6.61 Å². The van der Waals surface area contributed by atoms with Crippen molar-refractivity contribution in [2.24, 2.45) is 22.5 Å². The number of aliphatic hydroxyl groups excluding tert-OH is 1. The third-order valence-electron chi connectivity index (χ3n) is 3.47. The molecule has 1 atom stereocenters. The Morgan fingerprint density at radius 1 is 1.17 bits per heavy atom. The van der Waals surface area contributed by atoms with Crippen LogP contribution in [0.4, 0.5) is 17.3 Å². The highest BCUT2D eigenvalue weighted by Crippen LogP contribution is 2.22. The maximum absolute atomic E-state index is 9.75. The molecule has 0 radical (unpaired) electrons. The highest BCUT2D eigenvalue weighted by molar-refractivity contribution is 6.50. The molecule has 2 rings (SSSR count). The summed E-state index contributed by atoms with van der Waals surface area (Å²) in [5.41, 5.74) is -0.534. The van der Waals surface area contributed by atoms with E-state index in [0.717, 1.165) is 25.8 Å². The molecule has 1 aliphatic rings. The lowest BCUT2D eigenvalue weighted by atomic mass is 9.95. The molecule has 0 saturated carbocycles. The molecule has 0 aromatic carbocycles. The fourth-order valence-corrected chi connectivity index (χ4v) is 2.25. The second kappa shape index (κ2) is 9.50. The van der Waals surface area contributed by atoms with Gasteiger partial charge in [-0.15, -0.1) is 5.10 Å². The van der Waals surface area contributed by atoms with Crippen molar-refractivity contribution < 1.29 is 26.9 Å². The van der Waals surface area contributed by atoms with Crippen LogP contribution in [0, 0.1) is 0 Å². The summed E-state index contributed by atoms with van der Waals surface area (Å²) in [7, 11) is -3.97. The molecule has 1 aliphatic heterocycles. The largest absolute Gasteiger partial charge is 0.673 e. The van der Waals surface area contributed by atoms with Crippen LogP contribution in [0.25, 0.3) is 0 Å². The molecule has 0 spiro atoms. The summed E-state index contributed by atoms with van der Waals surface area (Å²) in [5.74, 6) is 0. The quantitative estimate of drug-likeness (QED) is 0.333. The van der Waals surface area contributed by atoms with Gasteiger partial charge in [0.05, 0.1) is 26.4 Å². The third kappa shape index (κ3) is 8.75. The maximum atomic E-state index is 9.75. The Morgan fingerprint density at radius 3 is 2.33 bits per heavy atom. The van der Waals surface area contributed by atoms with Gasteiger partial charge in [0.2, 0.25) is 6.33 Å². The molecule has 11 heteroatoms. The van der Waals surface area contributed by atoms with Gasteiger partial charge >= 0.3 is 7.25 Å². The van der Waals surface area contributed by atoms with Crippen molar-refractivity contribution in [3.05, 3.63) is 18.7 Å². The highest BCUT2D eigenvalue weighted by atomic mass is 19.5. The predicted molar refractivity (Wildman–Crippen MR) is 82.0 cm³/mol. The van der Waals surface area contributed by atoms with E-state index in [4.69, 9.17) is 0 Å². The van der Waals surface area contributed by atoms with Crippen LogP contribution >= 0.6 is 0 Å². The molecule has 136 valence electrons. The zero-order valence-corrected chi connectivity index (χ0v) is 13.5. The number of hydrogen-bond donors (Lipinski definition) is 1.